The highest BCUT2D eigenvalue weighted by molar-refractivity contribution is 6.31. The Morgan fingerprint density at radius 3 is 2.24 bits per heavy atom. The highest BCUT2D eigenvalue weighted by Gasteiger charge is 2.27. The van der Waals surface area contributed by atoms with E-state index in [1.807, 2.05) is 24.3 Å². The minimum absolute atomic E-state index is 0.0559. The van der Waals surface area contributed by atoms with Crippen LogP contribution in [0.25, 0.3) is 16.7 Å². The Labute approximate surface area is 195 Å². The first-order valence-electron chi connectivity index (χ1n) is 10.6. The van der Waals surface area contributed by atoms with Crippen LogP contribution >= 0.6 is 0 Å². The van der Waals surface area contributed by atoms with Crippen molar-refractivity contribution in [1.82, 2.24) is 10.6 Å². The molecule has 0 atom stereocenters. The molecule has 0 unspecified atom stereocenters. The van der Waals surface area contributed by atoms with E-state index in [0.29, 0.717) is 23.1 Å². The average molecular weight is 458 g/mol. The van der Waals surface area contributed by atoms with E-state index in [0.717, 1.165) is 16.7 Å². The van der Waals surface area contributed by atoms with Gasteiger partial charge in [-0.15, -0.1) is 0 Å². The number of carboxylic acids is 1. The minimum Gasteiger partial charge on any atom is -0.504 e. The molecule has 4 rings (SSSR count). The van der Waals surface area contributed by atoms with Crippen molar-refractivity contribution in [2.45, 2.75) is 19.4 Å². The van der Waals surface area contributed by atoms with Crippen LogP contribution in [0.1, 0.15) is 33.5 Å². The number of rotatable bonds is 7. The quantitative estimate of drug-likeness (QED) is 0.208. The van der Waals surface area contributed by atoms with Gasteiger partial charge in [0.05, 0.1) is 5.57 Å². The summed E-state index contributed by atoms with van der Waals surface area (Å²) in [5, 5.41) is 33.3. The number of aryl methyl sites for hydroxylation is 1. The van der Waals surface area contributed by atoms with Crippen molar-refractivity contribution in [3.8, 4) is 22.6 Å². The first kappa shape index (κ1) is 22.6. The molecule has 3 aromatic carbocycles. The Hall–Kier alpha value is -4.59. The number of carbonyl (C=O) groups is 3. The predicted octanol–water partition coefficient (Wildman–Crippen LogP) is 3.18. The number of nitrogens with one attached hydrogen (secondary N) is 2. The van der Waals surface area contributed by atoms with Gasteiger partial charge in [-0.25, -0.2) is 0 Å². The fourth-order valence-corrected chi connectivity index (χ4v) is 3.71. The second-order valence-corrected chi connectivity index (χ2v) is 7.90. The van der Waals surface area contributed by atoms with Gasteiger partial charge >= 0.3 is 5.97 Å². The van der Waals surface area contributed by atoms with Gasteiger partial charge in [0.25, 0.3) is 11.8 Å². The SMILES string of the molecule is O=C(O)CCc1ccc(-c2ccc3c(c2)C(=CNCc2ccc(O)c(O)c2)C(=O)NC3=O)cc1. The molecule has 0 saturated carbocycles. The first-order valence-corrected chi connectivity index (χ1v) is 10.6. The van der Waals surface area contributed by atoms with Crippen molar-refractivity contribution in [3.05, 3.63) is 89.1 Å². The maximum absolute atomic E-state index is 12.6. The van der Waals surface area contributed by atoms with Gasteiger partial charge in [-0.2, -0.15) is 0 Å². The molecule has 1 heterocycles. The molecule has 34 heavy (non-hydrogen) atoms. The van der Waals surface area contributed by atoms with Crippen LogP contribution in [0.3, 0.4) is 0 Å². The molecule has 0 spiro atoms. The summed E-state index contributed by atoms with van der Waals surface area (Å²) in [5.41, 5.74) is 4.42. The van der Waals surface area contributed by atoms with E-state index in [1.165, 1.54) is 18.3 Å². The number of fused-ring (bicyclic) bond motifs is 1. The zero-order chi connectivity index (χ0) is 24.2. The molecule has 5 N–H and O–H groups in total. The van der Waals surface area contributed by atoms with Crippen LogP contribution in [0.4, 0.5) is 0 Å². The molecule has 8 heteroatoms. The Bertz CT molecular complexity index is 1310. The lowest BCUT2D eigenvalue weighted by atomic mass is 9.91. The molecule has 3 aromatic rings. The largest absolute Gasteiger partial charge is 0.504 e. The van der Waals surface area contributed by atoms with Crippen LogP contribution < -0.4 is 10.6 Å². The van der Waals surface area contributed by atoms with E-state index in [4.69, 9.17) is 5.11 Å². The van der Waals surface area contributed by atoms with E-state index in [2.05, 4.69) is 10.6 Å². The number of amides is 2. The summed E-state index contributed by atoms with van der Waals surface area (Å²) in [4.78, 5) is 35.7. The second kappa shape index (κ2) is 9.50. The van der Waals surface area contributed by atoms with E-state index < -0.39 is 17.8 Å². The molecule has 0 bridgehead atoms. The Kier molecular flexibility index (Phi) is 6.31. The molecule has 2 amide bonds. The summed E-state index contributed by atoms with van der Waals surface area (Å²) in [7, 11) is 0. The standard InChI is InChI=1S/C26H22N2O6/c29-22-9-3-16(11-23(22)30)13-27-14-21-20-12-18(7-8-19(20)25(33)28-26(21)34)17-5-1-15(2-6-17)4-10-24(31)32/h1-3,5-9,11-12,14,27,29-30H,4,10,13H2,(H,31,32)(H,28,33,34). The number of phenolic OH excluding ortho intramolecular Hbond substituents is 2. The number of aliphatic carboxylic acids is 1. The molecule has 0 aromatic heterocycles. The summed E-state index contributed by atoms with van der Waals surface area (Å²) in [5.74, 6) is -2.31. The molecule has 8 nitrogen and oxygen atoms in total. The number of hydrogen-bond acceptors (Lipinski definition) is 6. The van der Waals surface area contributed by atoms with E-state index in [1.54, 1.807) is 24.3 Å². The van der Waals surface area contributed by atoms with Gasteiger partial charge in [0, 0.05) is 30.3 Å². The second-order valence-electron chi connectivity index (χ2n) is 7.90. The van der Waals surface area contributed by atoms with E-state index in [9.17, 15) is 24.6 Å². The summed E-state index contributed by atoms with van der Waals surface area (Å²) < 4.78 is 0. The number of carbonyl (C=O) groups excluding carboxylic acids is 2. The molecular formula is C26H22N2O6. The van der Waals surface area contributed by atoms with Crippen LogP contribution in [0, 0.1) is 0 Å². The fourth-order valence-electron chi connectivity index (χ4n) is 3.71. The van der Waals surface area contributed by atoms with Gasteiger partial charge in [0.15, 0.2) is 11.5 Å². The van der Waals surface area contributed by atoms with E-state index in [-0.39, 0.29) is 30.0 Å². The Morgan fingerprint density at radius 2 is 1.53 bits per heavy atom. The van der Waals surface area contributed by atoms with Gasteiger partial charge < -0.3 is 20.6 Å². The molecule has 1 aliphatic rings. The zero-order valence-corrected chi connectivity index (χ0v) is 18.0. The highest BCUT2D eigenvalue weighted by atomic mass is 16.4. The summed E-state index contributed by atoms with van der Waals surface area (Å²) in [6.07, 6.45) is 2.01. The lowest BCUT2D eigenvalue weighted by Crippen LogP contribution is -2.37. The molecule has 172 valence electrons. The Balaban J connectivity index is 1.59. The van der Waals surface area contributed by atoms with Crippen molar-refractivity contribution in [2.24, 2.45) is 0 Å². The summed E-state index contributed by atoms with van der Waals surface area (Å²) in [6.45, 7) is 0.283. The van der Waals surface area contributed by atoms with Crippen molar-refractivity contribution in [1.29, 1.82) is 0 Å². The minimum atomic E-state index is -0.850. The maximum atomic E-state index is 12.6. The predicted molar refractivity (Wildman–Crippen MR) is 125 cm³/mol. The highest BCUT2D eigenvalue weighted by Crippen LogP contribution is 2.30. The number of imide groups is 1. The van der Waals surface area contributed by atoms with Crippen LogP contribution in [0.15, 0.2) is 66.9 Å². The number of phenols is 2. The topological polar surface area (TPSA) is 136 Å². The summed E-state index contributed by atoms with van der Waals surface area (Å²) >= 11 is 0. The smallest absolute Gasteiger partial charge is 0.303 e. The lowest BCUT2D eigenvalue weighted by molar-refractivity contribution is -0.137. The van der Waals surface area contributed by atoms with Crippen molar-refractivity contribution < 1.29 is 29.7 Å². The van der Waals surface area contributed by atoms with Crippen LogP contribution in [0.2, 0.25) is 0 Å². The lowest BCUT2D eigenvalue weighted by Gasteiger charge is -2.19. The number of benzene rings is 3. The zero-order valence-electron chi connectivity index (χ0n) is 18.0. The number of carboxylic acid groups (broad SMARTS) is 1. The first-order chi connectivity index (χ1) is 16.3. The third-order valence-electron chi connectivity index (χ3n) is 5.53. The average Bonchev–Trinajstić information content (AvgIpc) is 2.82. The van der Waals surface area contributed by atoms with Crippen LogP contribution in [-0.4, -0.2) is 33.1 Å². The van der Waals surface area contributed by atoms with Crippen LogP contribution in [-0.2, 0) is 22.6 Å². The monoisotopic (exact) mass is 458 g/mol. The van der Waals surface area contributed by atoms with Gasteiger partial charge in [-0.05, 0) is 52.9 Å². The molecule has 0 saturated heterocycles. The fraction of sp³-hybridized carbons (Fsp3) is 0.115. The van der Waals surface area contributed by atoms with Gasteiger partial charge in [-0.1, -0.05) is 36.4 Å². The Morgan fingerprint density at radius 1 is 0.824 bits per heavy atom. The number of aromatic hydroxyl groups is 2. The third kappa shape index (κ3) is 4.91. The van der Waals surface area contributed by atoms with Crippen molar-refractivity contribution >= 4 is 23.4 Å². The van der Waals surface area contributed by atoms with Crippen LogP contribution in [0.5, 0.6) is 11.5 Å². The van der Waals surface area contributed by atoms with E-state index >= 15 is 0 Å². The van der Waals surface area contributed by atoms with Crippen molar-refractivity contribution in [3.63, 3.8) is 0 Å². The molecular weight excluding hydrogens is 436 g/mol. The van der Waals surface area contributed by atoms with Crippen molar-refractivity contribution in [2.75, 3.05) is 0 Å². The van der Waals surface area contributed by atoms with Gasteiger partial charge in [0.1, 0.15) is 0 Å². The molecule has 0 aliphatic carbocycles. The van der Waals surface area contributed by atoms with Gasteiger partial charge in [-0.3, -0.25) is 19.7 Å². The normalized spacial score (nSPS) is 13.9. The molecule has 1 aliphatic heterocycles. The summed E-state index contributed by atoms with van der Waals surface area (Å²) in [6, 6.07) is 17.1. The third-order valence-corrected chi connectivity index (χ3v) is 5.53. The number of hydrogen-bond donors (Lipinski definition) is 5. The molecule has 0 radical (unpaired) electrons. The maximum Gasteiger partial charge on any atom is 0.303 e. The van der Waals surface area contributed by atoms with Gasteiger partial charge in [0.2, 0.25) is 0 Å². The molecule has 0 fully saturated rings.